The molecule has 0 aliphatic heterocycles. The quantitative estimate of drug-likeness (QED) is 0.278. The molecule has 1 aromatic heterocycles. The summed E-state index contributed by atoms with van der Waals surface area (Å²) in [5.74, 6) is -0.672. The molecule has 3 nitrogen and oxygen atoms in total. The minimum atomic E-state index is -0.937. The van der Waals surface area contributed by atoms with Gasteiger partial charge in [-0.05, 0) is 59.9 Å². The van der Waals surface area contributed by atoms with Crippen molar-refractivity contribution in [1.82, 2.24) is 4.98 Å². The van der Waals surface area contributed by atoms with Crippen LogP contribution in [0.5, 0.6) is 0 Å². The Bertz CT molecular complexity index is 1360. The average molecular weight is 476 g/mol. The van der Waals surface area contributed by atoms with E-state index >= 15 is 0 Å². The van der Waals surface area contributed by atoms with E-state index in [1.165, 1.54) is 0 Å². The molecule has 0 saturated heterocycles. The van der Waals surface area contributed by atoms with Crippen LogP contribution in [0, 0.1) is 6.92 Å². The van der Waals surface area contributed by atoms with Crippen LogP contribution in [0.4, 0.5) is 0 Å². The van der Waals surface area contributed by atoms with Crippen LogP contribution in [0.2, 0.25) is 5.02 Å². The normalized spacial score (nSPS) is 12.0. The molecule has 1 atom stereocenters. The Morgan fingerprint density at radius 3 is 2.58 bits per heavy atom. The number of aromatic carboxylic acids is 1. The van der Waals surface area contributed by atoms with Crippen LogP contribution >= 0.6 is 23.2 Å². The standard InChI is InChI=1S/C28H23Cl2NO2/c1-17-5-3-8-24(28(32)33)27(17)23(13-14-29)21-7-4-6-20(15-21)18(2)25-12-10-19-9-11-22(30)16-26(19)31-25/h3-12,15-16,23H,2,13-14H2,1H3,(H,32,33). The van der Waals surface area contributed by atoms with Gasteiger partial charge in [-0.1, -0.05) is 66.7 Å². The molecule has 4 aromatic rings. The van der Waals surface area contributed by atoms with Crippen molar-refractivity contribution in [2.24, 2.45) is 0 Å². The van der Waals surface area contributed by atoms with Crippen molar-refractivity contribution in [3.8, 4) is 0 Å². The second-order valence-electron chi connectivity index (χ2n) is 8.01. The molecule has 0 aliphatic carbocycles. The second kappa shape index (κ2) is 9.78. The van der Waals surface area contributed by atoms with E-state index in [0.717, 1.165) is 44.4 Å². The van der Waals surface area contributed by atoms with Gasteiger partial charge < -0.3 is 5.11 Å². The zero-order chi connectivity index (χ0) is 23.5. The number of pyridine rings is 1. The van der Waals surface area contributed by atoms with Crippen molar-refractivity contribution < 1.29 is 9.90 Å². The fraction of sp³-hybridized carbons (Fsp3) is 0.143. The van der Waals surface area contributed by atoms with E-state index in [0.29, 0.717) is 22.9 Å². The molecule has 0 saturated carbocycles. The molecule has 0 spiro atoms. The highest BCUT2D eigenvalue weighted by Crippen LogP contribution is 2.35. The van der Waals surface area contributed by atoms with Gasteiger partial charge in [0.2, 0.25) is 0 Å². The first-order chi connectivity index (χ1) is 15.9. The van der Waals surface area contributed by atoms with Crippen LogP contribution in [0.15, 0.2) is 79.4 Å². The predicted molar refractivity (Wildman–Crippen MR) is 137 cm³/mol. The summed E-state index contributed by atoms with van der Waals surface area (Å²) >= 11 is 12.3. The van der Waals surface area contributed by atoms with E-state index in [4.69, 9.17) is 28.2 Å². The number of aromatic nitrogens is 1. The van der Waals surface area contributed by atoms with Crippen LogP contribution in [0.1, 0.15) is 50.6 Å². The van der Waals surface area contributed by atoms with Gasteiger partial charge in [0.15, 0.2) is 0 Å². The SMILES string of the molecule is C=C(c1cccc(C(CCCl)c2c(C)cccc2C(=O)O)c1)c1ccc2ccc(Cl)cc2n1. The summed E-state index contributed by atoms with van der Waals surface area (Å²) in [5.41, 5.74) is 6.31. The molecule has 166 valence electrons. The number of halogens is 2. The number of carbonyl (C=O) groups is 1. The lowest BCUT2D eigenvalue weighted by Gasteiger charge is -2.22. The number of fused-ring (bicyclic) bond motifs is 1. The number of carboxylic acids is 1. The maximum Gasteiger partial charge on any atom is 0.335 e. The fourth-order valence-corrected chi connectivity index (χ4v) is 4.65. The third kappa shape index (κ3) is 4.80. The third-order valence-electron chi connectivity index (χ3n) is 5.90. The molecular formula is C28H23Cl2NO2. The topological polar surface area (TPSA) is 50.2 Å². The Kier molecular flexibility index (Phi) is 6.83. The van der Waals surface area contributed by atoms with Gasteiger partial charge in [0.25, 0.3) is 0 Å². The van der Waals surface area contributed by atoms with Gasteiger partial charge >= 0.3 is 5.97 Å². The fourth-order valence-electron chi connectivity index (χ4n) is 4.27. The van der Waals surface area contributed by atoms with E-state index < -0.39 is 5.97 Å². The minimum Gasteiger partial charge on any atom is -0.478 e. The first kappa shape index (κ1) is 23.0. The Labute approximate surface area is 203 Å². The number of hydrogen-bond donors (Lipinski definition) is 1. The van der Waals surface area contributed by atoms with E-state index in [1.54, 1.807) is 12.1 Å². The zero-order valence-electron chi connectivity index (χ0n) is 18.2. The smallest absolute Gasteiger partial charge is 0.335 e. The van der Waals surface area contributed by atoms with Crippen molar-refractivity contribution in [1.29, 1.82) is 0 Å². The lowest BCUT2D eigenvalue weighted by molar-refractivity contribution is 0.0695. The van der Waals surface area contributed by atoms with Gasteiger partial charge in [0.1, 0.15) is 0 Å². The molecule has 1 N–H and O–H groups in total. The Balaban J connectivity index is 1.76. The van der Waals surface area contributed by atoms with Crippen LogP contribution < -0.4 is 0 Å². The van der Waals surface area contributed by atoms with E-state index in [1.807, 2.05) is 61.5 Å². The van der Waals surface area contributed by atoms with Gasteiger partial charge in [-0.15, -0.1) is 11.6 Å². The van der Waals surface area contributed by atoms with E-state index in [9.17, 15) is 9.90 Å². The van der Waals surface area contributed by atoms with Crippen LogP contribution in [0.3, 0.4) is 0 Å². The number of carboxylic acid groups (broad SMARTS) is 1. The van der Waals surface area contributed by atoms with E-state index in [-0.39, 0.29) is 5.92 Å². The summed E-state index contributed by atoms with van der Waals surface area (Å²) in [6.45, 7) is 6.23. The summed E-state index contributed by atoms with van der Waals surface area (Å²) in [7, 11) is 0. The lowest BCUT2D eigenvalue weighted by Crippen LogP contribution is -2.12. The minimum absolute atomic E-state index is 0.147. The van der Waals surface area contributed by atoms with E-state index in [2.05, 4.69) is 12.6 Å². The van der Waals surface area contributed by atoms with Crippen molar-refractivity contribution in [3.05, 3.63) is 118 Å². The van der Waals surface area contributed by atoms with Crippen LogP contribution in [0.25, 0.3) is 16.5 Å². The maximum absolute atomic E-state index is 11.9. The lowest BCUT2D eigenvalue weighted by atomic mass is 9.82. The van der Waals surface area contributed by atoms with Gasteiger partial charge in [-0.2, -0.15) is 0 Å². The van der Waals surface area contributed by atoms with Crippen molar-refractivity contribution in [3.63, 3.8) is 0 Å². The summed E-state index contributed by atoms with van der Waals surface area (Å²) in [6, 6.07) is 23.0. The zero-order valence-corrected chi connectivity index (χ0v) is 19.7. The number of alkyl halides is 1. The molecule has 5 heteroatoms. The highest BCUT2D eigenvalue weighted by Gasteiger charge is 2.23. The molecule has 33 heavy (non-hydrogen) atoms. The number of hydrogen-bond acceptors (Lipinski definition) is 2. The van der Waals surface area contributed by atoms with Crippen molar-refractivity contribution >= 4 is 45.6 Å². The highest BCUT2D eigenvalue weighted by molar-refractivity contribution is 6.31. The van der Waals surface area contributed by atoms with Crippen LogP contribution in [-0.4, -0.2) is 21.9 Å². The summed E-state index contributed by atoms with van der Waals surface area (Å²) in [4.78, 5) is 16.7. The molecule has 1 heterocycles. The number of rotatable bonds is 7. The number of nitrogens with zero attached hydrogens (tertiary/aromatic N) is 1. The Hall–Kier alpha value is -3.14. The molecule has 0 amide bonds. The van der Waals surface area contributed by atoms with Gasteiger partial charge in [-0.25, -0.2) is 9.78 Å². The molecule has 0 bridgehead atoms. The number of benzene rings is 3. The third-order valence-corrected chi connectivity index (χ3v) is 6.35. The monoisotopic (exact) mass is 475 g/mol. The van der Waals surface area contributed by atoms with Crippen molar-refractivity contribution in [2.45, 2.75) is 19.3 Å². The molecule has 4 rings (SSSR count). The Morgan fingerprint density at radius 2 is 1.82 bits per heavy atom. The summed E-state index contributed by atoms with van der Waals surface area (Å²) < 4.78 is 0. The molecule has 0 aliphatic rings. The largest absolute Gasteiger partial charge is 0.478 e. The Morgan fingerprint density at radius 1 is 1.06 bits per heavy atom. The number of aryl methyl sites for hydroxylation is 1. The first-order valence-corrected chi connectivity index (χ1v) is 11.5. The summed E-state index contributed by atoms with van der Waals surface area (Å²) in [6.07, 6.45) is 0.620. The van der Waals surface area contributed by atoms with Gasteiger partial charge in [-0.3, -0.25) is 0 Å². The van der Waals surface area contributed by atoms with Gasteiger partial charge in [0.05, 0.1) is 16.8 Å². The second-order valence-corrected chi connectivity index (χ2v) is 8.82. The molecule has 1 unspecified atom stereocenters. The summed E-state index contributed by atoms with van der Waals surface area (Å²) in [5, 5.41) is 11.4. The maximum atomic E-state index is 11.9. The molecular weight excluding hydrogens is 453 g/mol. The molecule has 0 radical (unpaired) electrons. The average Bonchev–Trinajstić information content (AvgIpc) is 2.81. The molecule has 0 fully saturated rings. The predicted octanol–water partition coefficient (Wildman–Crippen LogP) is 7.72. The first-order valence-electron chi connectivity index (χ1n) is 10.6. The van der Waals surface area contributed by atoms with Crippen LogP contribution in [-0.2, 0) is 0 Å². The van der Waals surface area contributed by atoms with Gasteiger partial charge in [0, 0.05) is 27.8 Å². The molecule has 3 aromatic carbocycles. The van der Waals surface area contributed by atoms with Crippen molar-refractivity contribution in [2.75, 3.05) is 5.88 Å². The highest BCUT2D eigenvalue weighted by atomic mass is 35.5.